The van der Waals surface area contributed by atoms with E-state index >= 15 is 0 Å². The van der Waals surface area contributed by atoms with E-state index in [0.717, 1.165) is 29.7 Å². The summed E-state index contributed by atoms with van der Waals surface area (Å²) in [5, 5.41) is 11.6. The number of sulfonamides is 1. The number of nitrogens with one attached hydrogen (secondary N) is 1. The first kappa shape index (κ1) is 21.8. The van der Waals surface area contributed by atoms with Crippen LogP contribution in [0.2, 0.25) is 0 Å². The number of amides is 1. The van der Waals surface area contributed by atoms with Crippen molar-refractivity contribution in [2.24, 2.45) is 0 Å². The fourth-order valence-electron chi connectivity index (χ4n) is 3.93. The largest absolute Gasteiger partial charge is 0.454 e. The molecule has 1 atom stereocenters. The number of aryl methyl sites for hydroxylation is 1. The minimum absolute atomic E-state index is 0.149. The maximum atomic E-state index is 13.3. The van der Waals surface area contributed by atoms with Crippen LogP contribution < -0.4 is 14.8 Å². The van der Waals surface area contributed by atoms with Gasteiger partial charge in [0.25, 0.3) is 5.91 Å². The standard InChI is InChI=1S/C22H22N4O5S2/c1-2-14-5-8-16(9-6-14)33(28,29)26-11-3-4-17(26)21-24-25-22(32-21)20(27)23-15-7-10-18-19(12-15)31-13-30-18/h5-10,12,17H,2-4,11,13H2,1H3,(H,23,27)/t17-/m0/s1. The molecule has 1 aromatic heterocycles. The third-order valence-electron chi connectivity index (χ3n) is 5.69. The molecule has 1 amide bonds. The molecule has 0 radical (unpaired) electrons. The van der Waals surface area contributed by atoms with Crippen LogP contribution in [-0.2, 0) is 16.4 Å². The second-order valence-corrected chi connectivity index (χ2v) is 10.6. The Morgan fingerprint density at radius 3 is 2.73 bits per heavy atom. The highest BCUT2D eigenvalue weighted by Crippen LogP contribution is 2.38. The Labute approximate surface area is 195 Å². The average molecular weight is 487 g/mol. The minimum Gasteiger partial charge on any atom is -0.454 e. The van der Waals surface area contributed by atoms with Crippen LogP contribution in [0.5, 0.6) is 11.5 Å². The van der Waals surface area contributed by atoms with Crippen molar-refractivity contribution in [3.05, 3.63) is 58.0 Å². The van der Waals surface area contributed by atoms with Gasteiger partial charge in [-0.2, -0.15) is 4.31 Å². The maximum Gasteiger partial charge on any atom is 0.286 e. The van der Waals surface area contributed by atoms with E-state index in [0.29, 0.717) is 35.2 Å². The van der Waals surface area contributed by atoms with Crippen LogP contribution in [-0.4, -0.2) is 42.2 Å². The van der Waals surface area contributed by atoms with Crippen molar-refractivity contribution in [3.8, 4) is 11.5 Å². The number of rotatable bonds is 6. The molecule has 33 heavy (non-hydrogen) atoms. The van der Waals surface area contributed by atoms with E-state index in [1.807, 2.05) is 19.1 Å². The first-order valence-electron chi connectivity index (χ1n) is 10.6. The van der Waals surface area contributed by atoms with Gasteiger partial charge in [0, 0.05) is 18.3 Å². The molecule has 2 aromatic carbocycles. The number of hydrogen-bond acceptors (Lipinski definition) is 8. The van der Waals surface area contributed by atoms with Crippen molar-refractivity contribution in [3.63, 3.8) is 0 Å². The van der Waals surface area contributed by atoms with Crippen molar-refractivity contribution in [2.75, 3.05) is 18.7 Å². The molecule has 0 saturated carbocycles. The zero-order valence-corrected chi connectivity index (χ0v) is 19.5. The van der Waals surface area contributed by atoms with Gasteiger partial charge in [0.05, 0.1) is 10.9 Å². The summed E-state index contributed by atoms with van der Waals surface area (Å²) in [7, 11) is -3.68. The summed E-state index contributed by atoms with van der Waals surface area (Å²) in [5.74, 6) is 0.766. The molecule has 0 bridgehead atoms. The third kappa shape index (κ3) is 4.19. The number of nitrogens with zero attached hydrogens (tertiary/aromatic N) is 3. The Bertz CT molecular complexity index is 1290. The van der Waals surface area contributed by atoms with Crippen LogP contribution in [0.25, 0.3) is 0 Å². The average Bonchev–Trinajstić information content (AvgIpc) is 3.58. The number of hydrogen-bond donors (Lipinski definition) is 1. The van der Waals surface area contributed by atoms with Gasteiger partial charge in [0.15, 0.2) is 11.5 Å². The molecule has 2 aliphatic heterocycles. The minimum atomic E-state index is -3.68. The van der Waals surface area contributed by atoms with E-state index in [1.54, 1.807) is 30.3 Å². The van der Waals surface area contributed by atoms with Crippen molar-refractivity contribution in [2.45, 2.75) is 37.1 Å². The highest BCUT2D eigenvalue weighted by Gasteiger charge is 2.38. The van der Waals surface area contributed by atoms with E-state index in [1.165, 1.54) is 4.31 Å². The molecule has 0 aliphatic carbocycles. The van der Waals surface area contributed by atoms with Crippen LogP contribution in [0, 0.1) is 0 Å². The number of fused-ring (bicyclic) bond motifs is 1. The van der Waals surface area contributed by atoms with Gasteiger partial charge in [-0.3, -0.25) is 4.79 Å². The first-order chi connectivity index (χ1) is 16.0. The fourth-order valence-corrected chi connectivity index (χ4v) is 6.54. The number of carbonyl (C=O) groups excluding carboxylic acids is 1. The lowest BCUT2D eigenvalue weighted by Gasteiger charge is -2.22. The van der Waals surface area contributed by atoms with Gasteiger partial charge in [-0.25, -0.2) is 8.42 Å². The summed E-state index contributed by atoms with van der Waals surface area (Å²) in [6.07, 6.45) is 2.19. The summed E-state index contributed by atoms with van der Waals surface area (Å²) in [4.78, 5) is 13.0. The Morgan fingerprint density at radius 2 is 1.94 bits per heavy atom. The van der Waals surface area contributed by atoms with Gasteiger partial charge in [-0.05, 0) is 49.1 Å². The van der Waals surface area contributed by atoms with E-state index < -0.39 is 22.0 Å². The Hall–Kier alpha value is -3.02. The van der Waals surface area contributed by atoms with Gasteiger partial charge < -0.3 is 14.8 Å². The molecule has 2 aliphatic rings. The van der Waals surface area contributed by atoms with Crippen molar-refractivity contribution in [1.82, 2.24) is 14.5 Å². The van der Waals surface area contributed by atoms with Crippen molar-refractivity contribution < 1.29 is 22.7 Å². The smallest absolute Gasteiger partial charge is 0.286 e. The summed E-state index contributed by atoms with van der Waals surface area (Å²) in [5.41, 5.74) is 1.62. The Balaban J connectivity index is 1.33. The number of ether oxygens (including phenoxy) is 2. The van der Waals surface area contributed by atoms with E-state index in [-0.39, 0.29) is 16.7 Å². The fraction of sp³-hybridized carbons (Fsp3) is 0.318. The van der Waals surface area contributed by atoms with Gasteiger partial charge in [0.2, 0.25) is 21.8 Å². The molecule has 1 N–H and O–H groups in total. The first-order valence-corrected chi connectivity index (χ1v) is 12.9. The molecule has 3 heterocycles. The van der Waals surface area contributed by atoms with Crippen LogP contribution in [0.15, 0.2) is 47.4 Å². The lowest BCUT2D eigenvalue weighted by atomic mass is 10.2. The summed E-state index contributed by atoms with van der Waals surface area (Å²) < 4.78 is 38.6. The molecule has 0 unspecified atom stereocenters. The van der Waals surface area contributed by atoms with Crippen molar-refractivity contribution >= 4 is 33.0 Å². The van der Waals surface area contributed by atoms with Gasteiger partial charge in [-0.15, -0.1) is 10.2 Å². The molecule has 0 spiro atoms. The Morgan fingerprint density at radius 1 is 1.15 bits per heavy atom. The maximum absolute atomic E-state index is 13.3. The van der Waals surface area contributed by atoms with Crippen LogP contribution in [0.3, 0.4) is 0 Å². The van der Waals surface area contributed by atoms with E-state index in [2.05, 4.69) is 15.5 Å². The quantitative estimate of drug-likeness (QED) is 0.567. The molecule has 1 saturated heterocycles. The molecular weight excluding hydrogens is 464 g/mol. The normalized spacial score (nSPS) is 17.9. The monoisotopic (exact) mass is 486 g/mol. The van der Waals surface area contributed by atoms with E-state index in [9.17, 15) is 13.2 Å². The lowest BCUT2D eigenvalue weighted by molar-refractivity contribution is 0.102. The predicted molar refractivity (Wildman–Crippen MR) is 122 cm³/mol. The molecular formula is C22H22N4O5S2. The van der Waals surface area contributed by atoms with Crippen molar-refractivity contribution in [1.29, 1.82) is 0 Å². The number of benzene rings is 2. The predicted octanol–water partition coefficient (Wildman–Crippen LogP) is 3.61. The van der Waals surface area contributed by atoms with Gasteiger partial charge >= 0.3 is 0 Å². The number of aromatic nitrogens is 2. The molecule has 9 nitrogen and oxygen atoms in total. The second kappa shape index (κ2) is 8.73. The topological polar surface area (TPSA) is 111 Å². The molecule has 3 aromatic rings. The zero-order valence-electron chi connectivity index (χ0n) is 17.9. The molecule has 172 valence electrons. The zero-order chi connectivity index (χ0) is 23.0. The number of carbonyl (C=O) groups is 1. The van der Waals surface area contributed by atoms with E-state index in [4.69, 9.17) is 9.47 Å². The molecule has 11 heteroatoms. The lowest BCUT2D eigenvalue weighted by Crippen LogP contribution is -2.30. The second-order valence-electron chi connectivity index (χ2n) is 7.74. The SMILES string of the molecule is CCc1ccc(S(=O)(=O)N2CCC[C@H]2c2nnc(C(=O)Nc3ccc4c(c3)OCO4)s2)cc1. The van der Waals surface area contributed by atoms with Gasteiger partial charge in [-0.1, -0.05) is 30.4 Å². The number of anilines is 1. The molecule has 5 rings (SSSR count). The van der Waals surface area contributed by atoms with Crippen LogP contribution in [0.1, 0.15) is 46.2 Å². The van der Waals surface area contributed by atoms with Gasteiger partial charge in [0.1, 0.15) is 5.01 Å². The van der Waals surface area contributed by atoms with Crippen LogP contribution in [0.4, 0.5) is 5.69 Å². The van der Waals surface area contributed by atoms with Crippen LogP contribution >= 0.6 is 11.3 Å². The highest BCUT2D eigenvalue weighted by atomic mass is 32.2. The Kier molecular flexibility index (Phi) is 5.77. The summed E-state index contributed by atoms with van der Waals surface area (Å²) in [6, 6.07) is 11.6. The summed E-state index contributed by atoms with van der Waals surface area (Å²) >= 11 is 1.11. The highest BCUT2D eigenvalue weighted by molar-refractivity contribution is 7.89. The summed E-state index contributed by atoms with van der Waals surface area (Å²) in [6.45, 7) is 2.58. The third-order valence-corrected chi connectivity index (χ3v) is 8.64. The molecule has 1 fully saturated rings.